The van der Waals surface area contributed by atoms with E-state index in [1.165, 1.54) is 4.68 Å². The van der Waals surface area contributed by atoms with Gasteiger partial charge < -0.3 is 14.7 Å². The van der Waals surface area contributed by atoms with Crippen LogP contribution in [0.15, 0.2) is 16.7 Å². The number of nitrogens with zero attached hydrogens (tertiary/aromatic N) is 4. The van der Waals surface area contributed by atoms with Crippen molar-refractivity contribution >= 4 is 11.7 Å². The van der Waals surface area contributed by atoms with Crippen molar-refractivity contribution in [1.29, 1.82) is 0 Å². The van der Waals surface area contributed by atoms with Gasteiger partial charge in [-0.2, -0.15) is 5.10 Å². The molecule has 0 spiro atoms. The number of halogens is 2. The van der Waals surface area contributed by atoms with Gasteiger partial charge in [0.25, 0.3) is 12.3 Å². The second-order valence-corrected chi connectivity index (χ2v) is 9.66. The normalized spacial score (nSPS) is 22.5. The summed E-state index contributed by atoms with van der Waals surface area (Å²) in [6, 6.07) is 2.60. The zero-order valence-electron chi connectivity index (χ0n) is 18.6. The van der Waals surface area contributed by atoms with Crippen LogP contribution >= 0.6 is 0 Å². The van der Waals surface area contributed by atoms with Gasteiger partial charge >= 0.3 is 0 Å². The van der Waals surface area contributed by atoms with Gasteiger partial charge in [-0.15, -0.1) is 0 Å². The van der Waals surface area contributed by atoms with Gasteiger partial charge in [0.1, 0.15) is 17.6 Å². The number of hydrogen-bond acceptors (Lipinski definition) is 5. The van der Waals surface area contributed by atoms with Gasteiger partial charge in [-0.05, 0) is 25.2 Å². The molecule has 2 aromatic heterocycles. The number of anilines is 1. The third kappa shape index (κ3) is 4.32. The number of likely N-dealkylation sites (tertiary alicyclic amines) is 1. The van der Waals surface area contributed by atoms with Crippen LogP contribution in [-0.4, -0.2) is 51.3 Å². The lowest BCUT2D eigenvalue weighted by molar-refractivity contribution is 0.0534. The van der Waals surface area contributed by atoms with Crippen molar-refractivity contribution in [3.8, 4) is 0 Å². The Balaban J connectivity index is 1.44. The smallest absolute Gasteiger partial charge is 0.276 e. The van der Waals surface area contributed by atoms with Crippen LogP contribution in [0, 0.1) is 5.92 Å². The second kappa shape index (κ2) is 8.24. The predicted octanol–water partition coefficient (Wildman–Crippen LogP) is 4.27. The van der Waals surface area contributed by atoms with Gasteiger partial charge in [0.2, 0.25) is 0 Å². The highest BCUT2D eigenvalue weighted by Crippen LogP contribution is 2.38. The lowest BCUT2D eigenvalue weighted by Gasteiger charge is -2.40. The molecule has 1 amide bonds. The Labute approximate surface area is 181 Å². The largest absolute Gasteiger partial charge is 0.367 e. The topological polar surface area (TPSA) is 76.2 Å². The number of aryl methyl sites for hydroxylation is 1. The van der Waals surface area contributed by atoms with Crippen molar-refractivity contribution in [2.75, 3.05) is 18.4 Å². The fraction of sp³-hybridized carbons (Fsp3) is 0.682. The molecule has 9 heteroatoms. The fourth-order valence-electron chi connectivity index (χ4n) is 4.50. The highest BCUT2D eigenvalue weighted by atomic mass is 19.3. The van der Waals surface area contributed by atoms with Crippen molar-refractivity contribution in [2.45, 2.75) is 77.3 Å². The van der Waals surface area contributed by atoms with Crippen LogP contribution in [0.1, 0.15) is 74.9 Å². The maximum absolute atomic E-state index is 13.9. The Kier molecular flexibility index (Phi) is 5.79. The lowest BCUT2D eigenvalue weighted by Crippen LogP contribution is -2.46. The number of carbonyl (C=O) groups is 1. The van der Waals surface area contributed by atoms with Crippen molar-refractivity contribution in [3.05, 3.63) is 29.3 Å². The summed E-state index contributed by atoms with van der Waals surface area (Å²) in [6.45, 7) is 9.20. The maximum Gasteiger partial charge on any atom is 0.276 e. The maximum atomic E-state index is 13.9. The third-order valence-electron chi connectivity index (χ3n) is 6.46. The quantitative estimate of drug-likeness (QED) is 0.776. The summed E-state index contributed by atoms with van der Waals surface area (Å²) in [7, 11) is 0. The minimum atomic E-state index is -2.47. The number of rotatable bonds is 4. The van der Waals surface area contributed by atoms with Crippen LogP contribution in [0.25, 0.3) is 0 Å². The van der Waals surface area contributed by atoms with E-state index in [-0.39, 0.29) is 23.3 Å². The van der Waals surface area contributed by atoms with E-state index >= 15 is 0 Å². The molecular formula is C22H31F2N5O2. The van der Waals surface area contributed by atoms with Crippen molar-refractivity contribution in [2.24, 2.45) is 5.92 Å². The van der Waals surface area contributed by atoms with E-state index in [4.69, 9.17) is 4.52 Å². The van der Waals surface area contributed by atoms with Gasteiger partial charge in [0, 0.05) is 43.1 Å². The molecule has 1 N–H and O–H groups in total. The highest BCUT2D eigenvalue weighted by molar-refractivity contribution is 5.92. The second-order valence-electron chi connectivity index (χ2n) is 9.66. The van der Waals surface area contributed by atoms with Gasteiger partial charge in [-0.1, -0.05) is 32.9 Å². The molecule has 4 heterocycles. The summed E-state index contributed by atoms with van der Waals surface area (Å²) < 4.78 is 34.4. The number of alkyl halides is 2. The molecule has 31 heavy (non-hydrogen) atoms. The van der Waals surface area contributed by atoms with E-state index in [0.717, 1.165) is 18.5 Å². The summed E-state index contributed by atoms with van der Waals surface area (Å²) in [5.41, 5.74) is 0.932. The molecule has 0 unspecified atom stereocenters. The number of fused-ring (bicyclic) bond motifs is 1. The van der Waals surface area contributed by atoms with Gasteiger partial charge in [-0.25, -0.2) is 13.5 Å². The van der Waals surface area contributed by atoms with E-state index in [0.29, 0.717) is 43.2 Å². The summed E-state index contributed by atoms with van der Waals surface area (Å²) in [6.07, 6.45) is 0.0697. The van der Waals surface area contributed by atoms with Crippen LogP contribution in [0.2, 0.25) is 0 Å². The standard InChI is InChI=1S/C22H31F2N5O2/c1-5-14-10-16(27-31-14)21(30)28-8-6-13(7-9-28)15-11-17(20(23)24)29-19(25-15)12-18(26-29)22(2,3)4/h10,12-13,15,17,20,25H,5-9,11H2,1-4H3/t15-,17+/m0/s1. The molecule has 1 fully saturated rings. The van der Waals surface area contributed by atoms with Crippen LogP contribution < -0.4 is 5.32 Å². The van der Waals surface area contributed by atoms with Crippen molar-refractivity contribution in [1.82, 2.24) is 19.8 Å². The average molecular weight is 436 g/mol. The average Bonchev–Trinajstić information content (AvgIpc) is 3.39. The highest BCUT2D eigenvalue weighted by Gasteiger charge is 2.39. The van der Waals surface area contributed by atoms with Crippen molar-refractivity contribution < 1.29 is 18.1 Å². The van der Waals surface area contributed by atoms with Gasteiger partial charge in [0.05, 0.1) is 5.69 Å². The number of aromatic nitrogens is 3. The first-order chi connectivity index (χ1) is 14.7. The Morgan fingerprint density at radius 1 is 1.29 bits per heavy atom. The Morgan fingerprint density at radius 2 is 2.00 bits per heavy atom. The molecule has 170 valence electrons. The van der Waals surface area contributed by atoms with E-state index in [9.17, 15) is 13.6 Å². The summed E-state index contributed by atoms with van der Waals surface area (Å²) in [5, 5.41) is 11.8. The molecule has 2 aliphatic heterocycles. The summed E-state index contributed by atoms with van der Waals surface area (Å²) in [5.74, 6) is 1.45. The first-order valence-corrected chi connectivity index (χ1v) is 11.1. The minimum Gasteiger partial charge on any atom is -0.367 e. The third-order valence-corrected chi connectivity index (χ3v) is 6.46. The molecule has 4 rings (SSSR count). The molecule has 0 radical (unpaired) electrons. The zero-order valence-corrected chi connectivity index (χ0v) is 18.6. The Morgan fingerprint density at radius 3 is 2.58 bits per heavy atom. The van der Waals surface area contributed by atoms with E-state index in [2.05, 4.69) is 15.6 Å². The lowest BCUT2D eigenvalue weighted by atomic mass is 9.85. The molecule has 0 bridgehead atoms. The molecule has 2 aromatic rings. The molecule has 2 atom stereocenters. The Hall–Kier alpha value is -2.45. The van der Waals surface area contributed by atoms with E-state index < -0.39 is 12.5 Å². The molecule has 2 aliphatic rings. The van der Waals surface area contributed by atoms with Gasteiger partial charge in [-0.3, -0.25) is 4.79 Å². The van der Waals surface area contributed by atoms with Crippen LogP contribution in [-0.2, 0) is 11.8 Å². The minimum absolute atomic E-state index is 0.0629. The molecule has 0 aliphatic carbocycles. The first kappa shape index (κ1) is 21.8. The summed E-state index contributed by atoms with van der Waals surface area (Å²) in [4.78, 5) is 14.5. The zero-order chi connectivity index (χ0) is 22.3. The number of piperidine rings is 1. The molecule has 0 aromatic carbocycles. The van der Waals surface area contributed by atoms with Crippen LogP contribution in [0.3, 0.4) is 0 Å². The fourth-order valence-corrected chi connectivity index (χ4v) is 4.50. The molecular weight excluding hydrogens is 404 g/mol. The molecule has 7 nitrogen and oxygen atoms in total. The van der Waals surface area contributed by atoms with E-state index in [1.54, 1.807) is 11.0 Å². The molecule has 1 saturated heterocycles. The number of carbonyl (C=O) groups excluding carboxylic acids is 1. The monoisotopic (exact) mass is 435 g/mol. The van der Waals surface area contributed by atoms with Crippen LogP contribution in [0.4, 0.5) is 14.6 Å². The SMILES string of the molecule is CCc1cc(C(=O)N2CCC([C@@H]3C[C@H](C(F)F)n4nc(C(C)(C)C)cc4N3)CC2)no1. The number of hydrogen-bond donors (Lipinski definition) is 1. The number of amides is 1. The molecule has 0 saturated carbocycles. The summed E-state index contributed by atoms with van der Waals surface area (Å²) >= 11 is 0. The van der Waals surface area contributed by atoms with Crippen molar-refractivity contribution in [3.63, 3.8) is 0 Å². The predicted molar refractivity (Wildman–Crippen MR) is 113 cm³/mol. The van der Waals surface area contributed by atoms with Crippen LogP contribution in [0.5, 0.6) is 0 Å². The Bertz CT molecular complexity index is 925. The van der Waals surface area contributed by atoms with Gasteiger partial charge in [0.15, 0.2) is 5.69 Å². The first-order valence-electron chi connectivity index (χ1n) is 11.1. The van der Waals surface area contributed by atoms with E-state index in [1.807, 2.05) is 33.8 Å². The number of nitrogens with one attached hydrogen (secondary N) is 1.